The molecule has 2 atom stereocenters. The van der Waals surface area contributed by atoms with Crippen molar-refractivity contribution in [2.45, 2.75) is 24.9 Å². The van der Waals surface area contributed by atoms with Crippen molar-refractivity contribution in [3.05, 3.63) is 60.2 Å². The number of nitrogens with zero attached hydrogens (tertiary/aromatic N) is 2. The second kappa shape index (κ2) is 17.8. The number of carbonyl (C=O) groups is 6. The number of amides is 5. The third-order valence-corrected chi connectivity index (χ3v) is 5.36. The third-order valence-electron chi connectivity index (χ3n) is 5.36. The molecular weight excluding hydrogens is 524 g/mol. The zero-order valence-corrected chi connectivity index (χ0v) is 21.6. The van der Waals surface area contributed by atoms with Crippen molar-refractivity contribution < 1.29 is 33.9 Å². The lowest BCUT2D eigenvalue weighted by atomic mass is 10.1. The number of carbonyl (C=O) groups excluding carboxylic acids is 5. The molecule has 2 aromatic heterocycles. The largest absolute Gasteiger partial charge is 0.480 e. The molecule has 0 aliphatic heterocycles. The van der Waals surface area contributed by atoms with E-state index in [4.69, 9.17) is 0 Å². The molecule has 0 aliphatic rings. The summed E-state index contributed by atoms with van der Waals surface area (Å²) in [4.78, 5) is 78.2. The van der Waals surface area contributed by atoms with Crippen LogP contribution in [0, 0.1) is 0 Å². The summed E-state index contributed by atoms with van der Waals surface area (Å²) < 4.78 is 0. The van der Waals surface area contributed by atoms with Crippen LogP contribution in [0.3, 0.4) is 0 Å². The maximum absolute atomic E-state index is 12.6. The van der Waals surface area contributed by atoms with Crippen LogP contribution in [0.25, 0.3) is 0 Å². The molecule has 5 amide bonds. The fraction of sp³-hybridized carbons (Fsp3) is 0.360. The van der Waals surface area contributed by atoms with Crippen molar-refractivity contribution in [1.29, 1.82) is 0 Å². The fourth-order valence-electron chi connectivity index (χ4n) is 3.42. The quantitative estimate of drug-likeness (QED) is 0.0584. The number of hydrogen-bond donors (Lipinski definition) is 7. The number of hydrogen-bond acceptors (Lipinski definition) is 11. The summed E-state index contributed by atoms with van der Waals surface area (Å²) >= 11 is 0. The van der Waals surface area contributed by atoms with E-state index in [-0.39, 0.29) is 19.4 Å². The molecule has 2 heterocycles. The van der Waals surface area contributed by atoms with Gasteiger partial charge in [-0.05, 0) is 29.7 Å². The highest BCUT2D eigenvalue weighted by Gasteiger charge is 2.26. The molecule has 0 bridgehead atoms. The van der Waals surface area contributed by atoms with E-state index in [1.54, 1.807) is 35.9 Å². The molecule has 0 fully saturated rings. The van der Waals surface area contributed by atoms with Crippen LogP contribution in [0.1, 0.15) is 11.1 Å². The summed E-state index contributed by atoms with van der Waals surface area (Å²) in [6.45, 7) is 1.53. The van der Waals surface area contributed by atoms with Gasteiger partial charge in [-0.1, -0.05) is 12.1 Å². The van der Waals surface area contributed by atoms with E-state index in [1.165, 1.54) is 12.4 Å². The van der Waals surface area contributed by atoms with Crippen LogP contribution in [-0.2, 0) is 41.6 Å². The predicted octanol–water partition coefficient (Wildman–Crippen LogP) is -3.12. The zero-order valence-electron chi connectivity index (χ0n) is 21.6. The lowest BCUT2D eigenvalue weighted by Gasteiger charge is -2.17. The number of imide groups is 2. The second-order valence-corrected chi connectivity index (χ2v) is 8.43. The Labute approximate surface area is 229 Å². The molecule has 214 valence electrons. The van der Waals surface area contributed by atoms with Crippen LogP contribution in [0.2, 0.25) is 0 Å². The maximum atomic E-state index is 12.6. The van der Waals surface area contributed by atoms with Crippen LogP contribution in [0.15, 0.2) is 49.1 Å². The van der Waals surface area contributed by atoms with Gasteiger partial charge in [0.15, 0.2) is 0 Å². The van der Waals surface area contributed by atoms with Crippen LogP contribution >= 0.6 is 0 Å². The van der Waals surface area contributed by atoms with Gasteiger partial charge in [-0.3, -0.25) is 49.4 Å². The van der Waals surface area contributed by atoms with E-state index in [0.717, 1.165) is 5.56 Å². The first-order chi connectivity index (χ1) is 19.3. The molecule has 2 rings (SSSR count). The van der Waals surface area contributed by atoms with Crippen molar-refractivity contribution >= 4 is 36.0 Å². The molecule has 0 radical (unpaired) electrons. The van der Waals surface area contributed by atoms with E-state index in [2.05, 4.69) is 36.6 Å². The Morgan fingerprint density at radius 2 is 1.43 bits per heavy atom. The predicted molar refractivity (Wildman–Crippen MR) is 140 cm³/mol. The number of aliphatic carboxylic acids is 1. The van der Waals surface area contributed by atoms with Crippen LogP contribution in [0.4, 0.5) is 0 Å². The van der Waals surface area contributed by atoms with Gasteiger partial charge in [0.1, 0.15) is 12.1 Å². The number of carboxylic acid groups (broad SMARTS) is 1. The molecule has 15 nitrogen and oxygen atoms in total. The van der Waals surface area contributed by atoms with Crippen molar-refractivity contribution in [3.63, 3.8) is 0 Å². The van der Waals surface area contributed by atoms with E-state index >= 15 is 0 Å². The van der Waals surface area contributed by atoms with Gasteiger partial charge in [0.2, 0.25) is 18.2 Å². The number of nitrogens with one attached hydrogen (secondary N) is 6. The number of carboxylic acids is 1. The van der Waals surface area contributed by atoms with E-state index in [9.17, 15) is 33.9 Å². The summed E-state index contributed by atoms with van der Waals surface area (Å²) in [5, 5.41) is 24.4. The molecule has 0 saturated carbocycles. The first kappa shape index (κ1) is 31.6. The number of pyridine rings is 2. The van der Waals surface area contributed by atoms with Gasteiger partial charge in [0.05, 0.1) is 6.54 Å². The molecular formula is C25H32N8O7. The van der Waals surface area contributed by atoms with Crippen molar-refractivity contribution in [3.8, 4) is 0 Å². The van der Waals surface area contributed by atoms with Crippen LogP contribution in [0.5, 0.6) is 0 Å². The SMILES string of the molecule is O=CNC(=O)C(=O)NC(Cc1cccnc1)C(=O)NC(=O)CNCCNCCNC(Cc1cccnc1)C(=O)O. The summed E-state index contributed by atoms with van der Waals surface area (Å²) in [5.41, 5.74) is 1.38. The number of rotatable bonds is 17. The fourth-order valence-corrected chi connectivity index (χ4v) is 3.42. The zero-order chi connectivity index (χ0) is 29.2. The van der Waals surface area contributed by atoms with Gasteiger partial charge in [0.25, 0.3) is 0 Å². The average Bonchev–Trinajstić information content (AvgIpc) is 2.94. The highest BCUT2D eigenvalue weighted by molar-refractivity contribution is 6.37. The smallest absolute Gasteiger partial charge is 0.321 e. The Kier molecular flexibility index (Phi) is 14.1. The minimum atomic E-state index is -1.28. The van der Waals surface area contributed by atoms with Gasteiger partial charge in [-0.2, -0.15) is 0 Å². The van der Waals surface area contributed by atoms with Gasteiger partial charge in [0, 0.05) is 57.4 Å². The Morgan fingerprint density at radius 1 is 0.825 bits per heavy atom. The molecule has 40 heavy (non-hydrogen) atoms. The molecule has 0 saturated heterocycles. The molecule has 0 spiro atoms. The van der Waals surface area contributed by atoms with Crippen LogP contribution in [-0.4, -0.2) is 95.9 Å². The summed E-state index contributed by atoms with van der Waals surface area (Å²) in [5.74, 6) is -4.92. The standard InChI is InChI=1S/C25H32N8O7/c34-16-31-23(37)24(38)32-19(11-17-3-1-5-27-13-17)22(36)33-21(35)15-29-8-7-26-9-10-30-20(25(39)40)12-18-4-2-6-28-14-18/h1-6,13-14,16,19-20,26,29-30H,7-12,15H2,(H,32,38)(H,39,40)(H,31,34,37)(H,33,35,36). The van der Waals surface area contributed by atoms with Crippen LogP contribution < -0.4 is 31.9 Å². The van der Waals surface area contributed by atoms with E-state index in [1.807, 2.05) is 6.07 Å². The Hall–Kier alpha value is -4.60. The summed E-state index contributed by atoms with van der Waals surface area (Å²) in [6, 6.07) is 4.80. The molecule has 0 aromatic carbocycles. The maximum Gasteiger partial charge on any atom is 0.321 e. The first-order valence-corrected chi connectivity index (χ1v) is 12.3. The highest BCUT2D eigenvalue weighted by Crippen LogP contribution is 2.03. The highest BCUT2D eigenvalue weighted by atomic mass is 16.4. The van der Waals surface area contributed by atoms with E-state index in [0.29, 0.717) is 38.2 Å². The summed E-state index contributed by atoms with van der Waals surface area (Å²) in [7, 11) is 0. The first-order valence-electron chi connectivity index (χ1n) is 12.3. The topological polar surface area (TPSA) is 221 Å². The monoisotopic (exact) mass is 556 g/mol. The minimum absolute atomic E-state index is 0.0371. The van der Waals surface area contributed by atoms with Crippen molar-refractivity contribution in [2.75, 3.05) is 32.7 Å². The second-order valence-electron chi connectivity index (χ2n) is 8.43. The van der Waals surface area contributed by atoms with Crippen molar-refractivity contribution in [2.24, 2.45) is 0 Å². The Morgan fingerprint density at radius 3 is 2.00 bits per heavy atom. The molecule has 0 aliphatic carbocycles. The normalized spacial score (nSPS) is 12.0. The van der Waals surface area contributed by atoms with E-state index < -0.39 is 41.7 Å². The Bertz CT molecular complexity index is 1130. The molecule has 15 heteroatoms. The number of aromatic nitrogens is 2. The van der Waals surface area contributed by atoms with Gasteiger partial charge in [-0.15, -0.1) is 0 Å². The Balaban J connectivity index is 1.69. The van der Waals surface area contributed by atoms with Gasteiger partial charge >= 0.3 is 17.8 Å². The minimum Gasteiger partial charge on any atom is -0.480 e. The third kappa shape index (κ3) is 12.3. The molecule has 2 aromatic rings. The van der Waals surface area contributed by atoms with Crippen molar-refractivity contribution in [1.82, 2.24) is 41.9 Å². The lowest BCUT2D eigenvalue weighted by Crippen LogP contribution is -2.53. The molecule has 7 N–H and O–H groups in total. The average molecular weight is 557 g/mol. The summed E-state index contributed by atoms with van der Waals surface area (Å²) in [6.07, 6.45) is 6.51. The molecule has 2 unspecified atom stereocenters. The van der Waals surface area contributed by atoms with Gasteiger partial charge in [-0.25, -0.2) is 0 Å². The lowest BCUT2D eigenvalue weighted by molar-refractivity contribution is -0.142. The van der Waals surface area contributed by atoms with Gasteiger partial charge < -0.3 is 26.4 Å².